The highest BCUT2D eigenvalue weighted by molar-refractivity contribution is 6.34. The molecule has 0 unspecified atom stereocenters. The molecule has 1 aliphatic heterocycles. The SMILES string of the molecule is C=C/C=C\C(Cl)=C1/CN=C([C@H](C)N)N(C)C1=O. The van der Waals surface area contributed by atoms with Crippen LogP contribution >= 0.6 is 11.6 Å². The smallest absolute Gasteiger partial charge is 0.258 e. The van der Waals surface area contributed by atoms with Gasteiger partial charge in [0.05, 0.1) is 23.2 Å². The van der Waals surface area contributed by atoms with E-state index in [9.17, 15) is 4.79 Å². The zero-order valence-electron chi connectivity index (χ0n) is 9.98. The van der Waals surface area contributed by atoms with Crippen LogP contribution in [0.25, 0.3) is 0 Å². The molecular weight excluding hydrogens is 238 g/mol. The first-order valence-electron chi connectivity index (χ1n) is 5.24. The van der Waals surface area contributed by atoms with Crippen molar-refractivity contribution in [3.05, 3.63) is 35.4 Å². The highest BCUT2D eigenvalue weighted by Crippen LogP contribution is 2.18. The van der Waals surface area contributed by atoms with Crippen molar-refractivity contribution < 1.29 is 4.79 Å². The summed E-state index contributed by atoms with van der Waals surface area (Å²) in [4.78, 5) is 17.7. The van der Waals surface area contributed by atoms with E-state index in [0.717, 1.165) is 0 Å². The number of carbonyl (C=O) groups is 1. The number of hydrogen-bond acceptors (Lipinski definition) is 3. The predicted molar refractivity (Wildman–Crippen MR) is 70.9 cm³/mol. The van der Waals surface area contributed by atoms with Crippen LogP contribution in [-0.4, -0.2) is 36.3 Å². The van der Waals surface area contributed by atoms with Gasteiger partial charge in [-0.2, -0.15) is 0 Å². The number of amides is 1. The molecule has 1 rings (SSSR count). The summed E-state index contributed by atoms with van der Waals surface area (Å²) in [6.07, 6.45) is 4.89. The van der Waals surface area contributed by atoms with Crippen molar-refractivity contribution in [2.75, 3.05) is 13.6 Å². The number of aliphatic imine (C=N–C) groups is 1. The summed E-state index contributed by atoms with van der Waals surface area (Å²) in [6.45, 7) is 5.59. The normalized spacial score (nSPS) is 21.5. The van der Waals surface area contributed by atoms with Crippen molar-refractivity contribution in [2.24, 2.45) is 10.7 Å². The molecule has 0 aromatic rings. The lowest BCUT2D eigenvalue weighted by atomic mass is 10.1. The Hall–Kier alpha value is -1.39. The Bertz CT molecular complexity index is 421. The number of nitrogens with zero attached hydrogens (tertiary/aromatic N) is 2. The largest absolute Gasteiger partial charge is 0.322 e. The highest BCUT2D eigenvalue weighted by atomic mass is 35.5. The van der Waals surface area contributed by atoms with Crippen LogP contribution in [0.2, 0.25) is 0 Å². The molecule has 0 bridgehead atoms. The molecule has 1 heterocycles. The van der Waals surface area contributed by atoms with E-state index in [0.29, 0.717) is 16.4 Å². The molecule has 1 amide bonds. The van der Waals surface area contributed by atoms with Crippen molar-refractivity contribution in [1.29, 1.82) is 0 Å². The summed E-state index contributed by atoms with van der Waals surface area (Å²) in [7, 11) is 1.64. The molecule has 0 saturated heterocycles. The Morgan fingerprint density at radius 1 is 1.71 bits per heavy atom. The van der Waals surface area contributed by atoms with Gasteiger partial charge in [-0.15, -0.1) is 0 Å². The molecule has 2 N–H and O–H groups in total. The second kappa shape index (κ2) is 5.80. The van der Waals surface area contributed by atoms with Crippen molar-refractivity contribution >= 4 is 23.3 Å². The summed E-state index contributed by atoms with van der Waals surface area (Å²) in [6, 6.07) is -0.270. The first-order chi connectivity index (χ1) is 7.99. The van der Waals surface area contributed by atoms with E-state index in [1.54, 1.807) is 32.2 Å². The lowest BCUT2D eigenvalue weighted by Crippen LogP contribution is -2.47. The molecule has 0 aromatic carbocycles. The van der Waals surface area contributed by atoms with Crippen LogP contribution in [0.5, 0.6) is 0 Å². The molecular formula is C12H16ClN3O. The van der Waals surface area contributed by atoms with Gasteiger partial charge in [0, 0.05) is 7.05 Å². The van der Waals surface area contributed by atoms with Gasteiger partial charge >= 0.3 is 0 Å². The van der Waals surface area contributed by atoms with Crippen molar-refractivity contribution in [2.45, 2.75) is 13.0 Å². The van der Waals surface area contributed by atoms with E-state index in [1.807, 2.05) is 0 Å². The zero-order chi connectivity index (χ0) is 13.0. The minimum absolute atomic E-state index is 0.161. The summed E-state index contributed by atoms with van der Waals surface area (Å²) >= 11 is 6.02. The van der Waals surface area contributed by atoms with E-state index >= 15 is 0 Å². The molecule has 4 nitrogen and oxygen atoms in total. The van der Waals surface area contributed by atoms with Gasteiger partial charge in [-0.05, 0) is 13.0 Å². The molecule has 1 atom stereocenters. The van der Waals surface area contributed by atoms with E-state index in [1.165, 1.54) is 4.90 Å². The summed E-state index contributed by atoms with van der Waals surface area (Å²) in [5.41, 5.74) is 6.19. The van der Waals surface area contributed by atoms with Gasteiger partial charge in [-0.3, -0.25) is 14.7 Å². The zero-order valence-corrected chi connectivity index (χ0v) is 10.7. The van der Waals surface area contributed by atoms with Gasteiger partial charge in [0.25, 0.3) is 5.91 Å². The number of halogens is 1. The monoisotopic (exact) mass is 253 g/mol. The number of hydrogen-bond donors (Lipinski definition) is 1. The van der Waals surface area contributed by atoms with Gasteiger partial charge in [0.15, 0.2) is 0 Å². The number of allylic oxidation sites excluding steroid dienone is 4. The predicted octanol–water partition coefficient (Wildman–Crippen LogP) is 1.44. The third kappa shape index (κ3) is 3.05. The Morgan fingerprint density at radius 2 is 2.35 bits per heavy atom. The summed E-state index contributed by atoms with van der Waals surface area (Å²) in [5.74, 6) is 0.418. The van der Waals surface area contributed by atoms with Crippen LogP contribution < -0.4 is 5.73 Å². The van der Waals surface area contributed by atoms with Crippen LogP contribution in [0.15, 0.2) is 40.4 Å². The van der Waals surface area contributed by atoms with Crippen LogP contribution in [0.4, 0.5) is 0 Å². The minimum atomic E-state index is -0.270. The Balaban J connectivity index is 3.06. The summed E-state index contributed by atoms with van der Waals surface area (Å²) < 4.78 is 0. The molecule has 0 aromatic heterocycles. The third-order valence-electron chi connectivity index (χ3n) is 2.38. The van der Waals surface area contributed by atoms with Gasteiger partial charge < -0.3 is 5.73 Å². The molecule has 92 valence electrons. The van der Waals surface area contributed by atoms with E-state index in [4.69, 9.17) is 17.3 Å². The molecule has 17 heavy (non-hydrogen) atoms. The van der Waals surface area contributed by atoms with Crippen molar-refractivity contribution in [3.8, 4) is 0 Å². The molecule has 0 aliphatic carbocycles. The number of carbonyl (C=O) groups excluding carboxylic acids is 1. The molecule has 5 heteroatoms. The Kier molecular flexibility index (Phi) is 4.66. The average Bonchev–Trinajstić information content (AvgIpc) is 2.29. The maximum absolute atomic E-state index is 12.0. The second-order valence-electron chi connectivity index (χ2n) is 3.75. The minimum Gasteiger partial charge on any atom is -0.322 e. The van der Waals surface area contributed by atoms with Crippen LogP contribution in [0, 0.1) is 0 Å². The number of amidine groups is 1. The first-order valence-corrected chi connectivity index (χ1v) is 5.62. The lowest BCUT2D eigenvalue weighted by Gasteiger charge is -2.27. The summed E-state index contributed by atoms with van der Waals surface area (Å²) in [5, 5.41) is 0.384. The molecule has 0 spiro atoms. The van der Waals surface area contributed by atoms with Crippen LogP contribution in [-0.2, 0) is 4.79 Å². The fourth-order valence-electron chi connectivity index (χ4n) is 1.52. The van der Waals surface area contributed by atoms with Gasteiger partial charge in [0.2, 0.25) is 0 Å². The van der Waals surface area contributed by atoms with Crippen LogP contribution in [0.1, 0.15) is 6.92 Å². The second-order valence-corrected chi connectivity index (χ2v) is 4.16. The topological polar surface area (TPSA) is 58.7 Å². The van der Waals surface area contributed by atoms with Crippen molar-refractivity contribution in [3.63, 3.8) is 0 Å². The average molecular weight is 254 g/mol. The standard InChI is InChI=1S/C12H16ClN3O/c1-4-5-6-10(13)9-7-15-11(8(2)14)16(3)12(9)17/h4-6,8H,1,7,14H2,2-3H3/b6-5-,10-9-/t8-/m0/s1. The van der Waals surface area contributed by atoms with Gasteiger partial charge in [-0.1, -0.05) is 30.3 Å². The molecule has 0 radical (unpaired) electrons. The maximum Gasteiger partial charge on any atom is 0.258 e. The molecule has 1 aliphatic rings. The molecule has 0 saturated carbocycles. The lowest BCUT2D eigenvalue weighted by molar-refractivity contribution is -0.123. The first kappa shape index (κ1) is 13.7. The maximum atomic E-state index is 12.0. The third-order valence-corrected chi connectivity index (χ3v) is 2.73. The number of rotatable bonds is 3. The van der Waals surface area contributed by atoms with E-state index in [2.05, 4.69) is 11.6 Å². The number of likely N-dealkylation sites (N-methyl/N-ethyl adjacent to an activating group) is 1. The van der Waals surface area contributed by atoms with E-state index in [-0.39, 0.29) is 18.5 Å². The number of nitrogens with two attached hydrogens (primary N) is 1. The quantitative estimate of drug-likeness (QED) is 0.611. The Morgan fingerprint density at radius 3 is 2.88 bits per heavy atom. The molecule has 0 fully saturated rings. The Labute approximate surface area is 106 Å². The fraction of sp³-hybridized carbons (Fsp3) is 0.333. The highest BCUT2D eigenvalue weighted by Gasteiger charge is 2.27. The van der Waals surface area contributed by atoms with Gasteiger partial charge in [-0.25, -0.2) is 0 Å². The van der Waals surface area contributed by atoms with Gasteiger partial charge in [0.1, 0.15) is 5.84 Å². The van der Waals surface area contributed by atoms with E-state index < -0.39 is 0 Å². The fourth-order valence-corrected chi connectivity index (χ4v) is 1.73. The van der Waals surface area contributed by atoms with Crippen LogP contribution in [0.3, 0.4) is 0 Å². The van der Waals surface area contributed by atoms with Crippen molar-refractivity contribution in [1.82, 2.24) is 4.90 Å².